The van der Waals surface area contributed by atoms with Crippen molar-refractivity contribution in [2.24, 2.45) is 5.16 Å². The van der Waals surface area contributed by atoms with E-state index in [2.05, 4.69) is 23.1 Å². The zero-order valence-electron chi connectivity index (χ0n) is 11.1. The Hall–Kier alpha value is -2.30. The van der Waals surface area contributed by atoms with Gasteiger partial charge >= 0.3 is 0 Å². The monoisotopic (exact) mass is 272 g/mol. The summed E-state index contributed by atoms with van der Waals surface area (Å²) in [4.78, 5) is 16.5. The molecule has 2 aliphatic heterocycles. The first-order chi connectivity index (χ1) is 9.76. The predicted octanol–water partition coefficient (Wildman–Crippen LogP) is 1.42. The zero-order valence-corrected chi connectivity index (χ0v) is 11.1. The van der Waals surface area contributed by atoms with Crippen molar-refractivity contribution in [2.75, 3.05) is 13.2 Å². The second-order valence-electron chi connectivity index (χ2n) is 4.84. The van der Waals surface area contributed by atoms with Crippen molar-refractivity contribution in [3.8, 4) is 5.75 Å². The second-order valence-corrected chi connectivity index (χ2v) is 4.84. The first kappa shape index (κ1) is 12.7. The molecule has 20 heavy (non-hydrogen) atoms. The van der Waals surface area contributed by atoms with Crippen molar-refractivity contribution in [3.63, 3.8) is 0 Å². The van der Waals surface area contributed by atoms with Gasteiger partial charge in [-0.1, -0.05) is 11.7 Å². The van der Waals surface area contributed by atoms with E-state index in [4.69, 9.17) is 9.57 Å². The summed E-state index contributed by atoms with van der Waals surface area (Å²) in [7, 11) is 0. The lowest BCUT2D eigenvalue weighted by atomic mass is 10.0. The Morgan fingerprint density at radius 3 is 3.30 bits per heavy atom. The third-order valence-electron chi connectivity index (χ3n) is 3.45. The number of carbonyl (C=O) groups excluding carboxylic acids is 1. The lowest BCUT2D eigenvalue weighted by molar-refractivity contribution is -0.117. The normalized spacial score (nSPS) is 19.6. The fourth-order valence-corrected chi connectivity index (χ4v) is 2.36. The van der Waals surface area contributed by atoms with E-state index in [1.165, 1.54) is 11.6 Å². The Bertz CT molecular complexity index is 580. The van der Waals surface area contributed by atoms with Crippen LogP contribution in [-0.2, 0) is 16.1 Å². The van der Waals surface area contributed by atoms with E-state index in [0.717, 1.165) is 30.1 Å². The summed E-state index contributed by atoms with van der Waals surface area (Å²) in [5.41, 5.74) is 3.19. The number of carbonyl (C=O) groups is 1. The highest BCUT2D eigenvalue weighted by atomic mass is 16.6. The molecule has 0 spiro atoms. The number of ether oxygens (including phenoxy) is 1. The van der Waals surface area contributed by atoms with Gasteiger partial charge in [-0.05, 0) is 35.4 Å². The van der Waals surface area contributed by atoms with Gasteiger partial charge < -0.3 is 14.9 Å². The van der Waals surface area contributed by atoms with Gasteiger partial charge in [0.1, 0.15) is 11.9 Å². The predicted molar refractivity (Wildman–Crippen MR) is 74.9 cm³/mol. The molecule has 0 aromatic heterocycles. The molecule has 2 aliphatic rings. The molecule has 0 saturated heterocycles. The van der Waals surface area contributed by atoms with Crippen molar-refractivity contribution in [2.45, 2.75) is 18.9 Å². The van der Waals surface area contributed by atoms with Crippen molar-refractivity contribution >= 4 is 11.6 Å². The highest BCUT2D eigenvalue weighted by Crippen LogP contribution is 2.27. The fraction of sp³-hybridized carbons (Fsp3) is 0.333. The first-order valence-corrected chi connectivity index (χ1v) is 6.65. The Balaban J connectivity index is 1.62. The maximum Gasteiger partial charge on any atom is 0.243 e. The molecule has 3 rings (SSSR count). The molecule has 1 aromatic carbocycles. The van der Waals surface area contributed by atoms with Crippen LogP contribution in [0.4, 0.5) is 0 Å². The molecule has 5 heteroatoms. The SMILES string of the molecule is C=CC(=O)NCC1CC(c2ccc3c(c2)CCO3)=NO1. The lowest BCUT2D eigenvalue weighted by Gasteiger charge is -2.08. The molecular formula is C15H16N2O3. The van der Waals surface area contributed by atoms with Crippen molar-refractivity contribution in [1.82, 2.24) is 5.32 Å². The zero-order chi connectivity index (χ0) is 13.9. The number of hydrogen-bond donors (Lipinski definition) is 1. The van der Waals surface area contributed by atoms with Crippen LogP contribution >= 0.6 is 0 Å². The highest BCUT2D eigenvalue weighted by Gasteiger charge is 2.23. The van der Waals surface area contributed by atoms with Crippen molar-refractivity contribution < 1.29 is 14.4 Å². The number of nitrogens with one attached hydrogen (secondary N) is 1. The average Bonchev–Trinajstić information content (AvgIpc) is 3.12. The molecule has 2 heterocycles. The quantitative estimate of drug-likeness (QED) is 0.843. The Kier molecular flexibility index (Phi) is 3.41. The third-order valence-corrected chi connectivity index (χ3v) is 3.45. The van der Waals surface area contributed by atoms with Crippen molar-refractivity contribution in [3.05, 3.63) is 42.0 Å². The summed E-state index contributed by atoms with van der Waals surface area (Å²) in [6, 6.07) is 6.08. The van der Waals surface area contributed by atoms with Gasteiger partial charge in [0.2, 0.25) is 5.91 Å². The summed E-state index contributed by atoms with van der Waals surface area (Å²) in [6.45, 7) is 4.59. The third kappa shape index (κ3) is 2.52. The Labute approximate surface area is 117 Å². The number of oxime groups is 1. The smallest absolute Gasteiger partial charge is 0.243 e. The van der Waals surface area contributed by atoms with Crippen LogP contribution in [-0.4, -0.2) is 30.9 Å². The number of nitrogens with zero attached hydrogens (tertiary/aromatic N) is 1. The minimum absolute atomic E-state index is 0.113. The number of fused-ring (bicyclic) bond motifs is 1. The summed E-state index contributed by atoms with van der Waals surface area (Å²) in [5.74, 6) is 0.764. The lowest BCUT2D eigenvalue weighted by Crippen LogP contribution is -2.30. The van der Waals surface area contributed by atoms with Gasteiger partial charge in [-0.2, -0.15) is 0 Å². The van der Waals surface area contributed by atoms with Gasteiger partial charge in [0.05, 0.1) is 18.9 Å². The molecule has 1 aromatic rings. The standard InChI is InChI=1S/C15H16N2O3/c1-2-15(18)16-9-12-8-13(17-20-12)10-3-4-14-11(7-10)5-6-19-14/h2-4,7,12H,1,5-6,8-9H2,(H,16,18). The summed E-state index contributed by atoms with van der Waals surface area (Å²) < 4.78 is 5.49. The number of hydrogen-bond acceptors (Lipinski definition) is 4. The highest BCUT2D eigenvalue weighted by molar-refractivity contribution is 6.01. The molecule has 1 amide bonds. The second kappa shape index (κ2) is 5.36. The van der Waals surface area contributed by atoms with Crippen LogP contribution in [0.5, 0.6) is 5.75 Å². The summed E-state index contributed by atoms with van der Waals surface area (Å²) in [5, 5.41) is 6.83. The molecule has 0 bridgehead atoms. The number of amides is 1. The van der Waals surface area contributed by atoms with E-state index in [0.29, 0.717) is 13.0 Å². The summed E-state index contributed by atoms with van der Waals surface area (Å²) in [6.07, 6.45) is 2.77. The van der Waals surface area contributed by atoms with E-state index < -0.39 is 0 Å². The number of rotatable bonds is 4. The van der Waals surface area contributed by atoms with Gasteiger partial charge in [-0.15, -0.1) is 0 Å². The average molecular weight is 272 g/mol. The maximum atomic E-state index is 11.1. The summed E-state index contributed by atoms with van der Waals surface area (Å²) >= 11 is 0. The van der Waals surface area contributed by atoms with Crippen LogP contribution in [0.3, 0.4) is 0 Å². The Morgan fingerprint density at radius 1 is 1.55 bits per heavy atom. The molecule has 0 radical (unpaired) electrons. The molecule has 1 N–H and O–H groups in total. The largest absolute Gasteiger partial charge is 0.493 e. The molecule has 1 unspecified atom stereocenters. The molecule has 104 valence electrons. The molecule has 0 fully saturated rings. The van der Waals surface area contributed by atoms with Crippen LogP contribution < -0.4 is 10.1 Å². The maximum absolute atomic E-state index is 11.1. The van der Waals surface area contributed by atoms with Crippen LogP contribution in [0, 0.1) is 0 Å². The molecule has 1 atom stereocenters. The van der Waals surface area contributed by atoms with E-state index in [9.17, 15) is 4.79 Å². The van der Waals surface area contributed by atoms with Gasteiger partial charge in [-0.25, -0.2) is 0 Å². The van der Waals surface area contributed by atoms with Gasteiger partial charge in [0.15, 0.2) is 0 Å². The first-order valence-electron chi connectivity index (χ1n) is 6.65. The van der Waals surface area contributed by atoms with Gasteiger partial charge in [0.25, 0.3) is 0 Å². The molecule has 5 nitrogen and oxygen atoms in total. The molecule has 0 aliphatic carbocycles. The Morgan fingerprint density at radius 2 is 2.45 bits per heavy atom. The molecule has 0 saturated carbocycles. The topological polar surface area (TPSA) is 59.9 Å². The fourth-order valence-electron chi connectivity index (χ4n) is 2.36. The van der Waals surface area contributed by atoms with Gasteiger partial charge in [-0.3, -0.25) is 4.79 Å². The molecular weight excluding hydrogens is 256 g/mol. The van der Waals surface area contributed by atoms with E-state index in [1.54, 1.807) is 0 Å². The van der Waals surface area contributed by atoms with Gasteiger partial charge in [0, 0.05) is 12.8 Å². The van der Waals surface area contributed by atoms with Crippen molar-refractivity contribution in [1.29, 1.82) is 0 Å². The van der Waals surface area contributed by atoms with Crippen LogP contribution in [0.2, 0.25) is 0 Å². The minimum atomic E-state index is -0.197. The number of benzene rings is 1. The van der Waals surface area contributed by atoms with E-state index in [1.807, 2.05) is 12.1 Å². The minimum Gasteiger partial charge on any atom is -0.493 e. The van der Waals surface area contributed by atoms with E-state index in [-0.39, 0.29) is 12.0 Å². The van der Waals surface area contributed by atoms with Crippen LogP contribution in [0.1, 0.15) is 17.5 Å². The van der Waals surface area contributed by atoms with Crippen LogP contribution in [0.15, 0.2) is 36.0 Å². The van der Waals surface area contributed by atoms with E-state index >= 15 is 0 Å². The van der Waals surface area contributed by atoms with Crippen LogP contribution in [0.25, 0.3) is 0 Å².